The van der Waals surface area contributed by atoms with E-state index in [2.05, 4.69) is 16.0 Å². The van der Waals surface area contributed by atoms with Gasteiger partial charge in [-0.25, -0.2) is 4.79 Å². The molecule has 0 spiro atoms. The third-order valence-electron chi connectivity index (χ3n) is 3.89. The van der Waals surface area contributed by atoms with Crippen LogP contribution in [-0.4, -0.2) is 64.7 Å². The van der Waals surface area contributed by atoms with Gasteiger partial charge in [0.15, 0.2) is 0 Å². The van der Waals surface area contributed by atoms with Crippen LogP contribution in [0.25, 0.3) is 0 Å². The highest BCUT2D eigenvalue weighted by Gasteiger charge is 2.30. The zero-order valence-corrected chi connectivity index (χ0v) is 17.2. The van der Waals surface area contributed by atoms with Gasteiger partial charge in [-0.3, -0.25) is 14.4 Å². The van der Waals surface area contributed by atoms with Crippen molar-refractivity contribution in [3.8, 4) is 0 Å². The summed E-state index contributed by atoms with van der Waals surface area (Å²) in [6.07, 6.45) is -0.611. The summed E-state index contributed by atoms with van der Waals surface area (Å²) >= 11 is 0. The van der Waals surface area contributed by atoms with E-state index >= 15 is 0 Å². The van der Waals surface area contributed by atoms with Crippen LogP contribution < -0.4 is 21.7 Å². The van der Waals surface area contributed by atoms with Crippen LogP contribution in [0.1, 0.15) is 47.5 Å². The minimum Gasteiger partial charge on any atom is -0.480 e. The summed E-state index contributed by atoms with van der Waals surface area (Å²) in [6, 6.07) is -3.25. The highest BCUT2D eigenvalue weighted by Crippen LogP contribution is 2.06. The van der Waals surface area contributed by atoms with Crippen molar-refractivity contribution in [1.82, 2.24) is 16.0 Å². The van der Waals surface area contributed by atoms with Crippen LogP contribution in [0, 0.1) is 11.8 Å². The number of nitrogens with one attached hydrogen (secondary N) is 3. The first-order chi connectivity index (χ1) is 12.8. The molecule has 0 saturated carbocycles. The van der Waals surface area contributed by atoms with E-state index in [-0.39, 0.29) is 18.3 Å². The van der Waals surface area contributed by atoms with Crippen molar-refractivity contribution >= 4 is 23.7 Å². The van der Waals surface area contributed by atoms with Gasteiger partial charge in [0.2, 0.25) is 17.7 Å². The van der Waals surface area contributed by atoms with Crippen LogP contribution in [0.4, 0.5) is 0 Å². The number of rotatable bonds is 12. The van der Waals surface area contributed by atoms with Crippen LogP contribution in [0.15, 0.2) is 0 Å². The number of carboxylic acid groups (broad SMARTS) is 1. The van der Waals surface area contributed by atoms with E-state index in [9.17, 15) is 29.4 Å². The molecule has 0 bridgehead atoms. The van der Waals surface area contributed by atoms with Gasteiger partial charge in [0.1, 0.15) is 12.1 Å². The van der Waals surface area contributed by atoms with E-state index in [0.717, 1.165) is 0 Å². The van der Waals surface area contributed by atoms with Crippen molar-refractivity contribution in [2.45, 2.75) is 71.7 Å². The van der Waals surface area contributed by atoms with Gasteiger partial charge in [0.25, 0.3) is 0 Å². The monoisotopic (exact) mass is 402 g/mol. The van der Waals surface area contributed by atoms with Gasteiger partial charge in [0, 0.05) is 0 Å². The molecule has 0 aromatic rings. The average molecular weight is 402 g/mol. The third kappa shape index (κ3) is 10.2. The summed E-state index contributed by atoms with van der Waals surface area (Å²) in [5.74, 6) is -2.99. The van der Waals surface area contributed by atoms with Crippen LogP contribution in [0.5, 0.6) is 0 Å². The molecule has 162 valence electrons. The first kappa shape index (κ1) is 25.8. The minimum absolute atomic E-state index is 0.0197. The molecule has 0 unspecified atom stereocenters. The molecule has 7 N–H and O–H groups in total. The van der Waals surface area contributed by atoms with Gasteiger partial charge in [-0.2, -0.15) is 0 Å². The molecule has 0 aliphatic rings. The fourth-order valence-corrected chi connectivity index (χ4v) is 2.50. The maximum atomic E-state index is 12.3. The van der Waals surface area contributed by atoms with E-state index in [1.54, 1.807) is 0 Å². The molecule has 0 aliphatic heterocycles. The molecule has 0 aliphatic carbocycles. The number of carbonyl (C=O) groups excluding carboxylic acids is 3. The third-order valence-corrected chi connectivity index (χ3v) is 3.89. The summed E-state index contributed by atoms with van der Waals surface area (Å²) in [5.41, 5.74) is 5.72. The lowest BCUT2D eigenvalue weighted by Gasteiger charge is -2.24. The van der Waals surface area contributed by atoms with E-state index in [0.29, 0.717) is 6.42 Å². The van der Waals surface area contributed by atoms with E-state index < -0.39 is 54.5 Å². The number of hydrogen-bond donors (Lipinski definition) is 6. The van der Waals surface area contributed by atoms with Crippen LogP contribution in [0.2, 0.25) is 0 Å². The predicted octanol–water partition coefficient (Wildman–Crippen LogP) is -1.04. The van der Waals surface area contributed by atoms with Gasteiger partial charge >= 0.3 is 5.97 Å². The highest BCUT2D eigenvalue weighted by atomic mass is 16.4. The number of amides is 3. The Balaban J connectivity index is 4.79. The number of aliphatic carboxylic acids is 1. The topological polar surface area (TPSA) is 171 Å². The van der Waals surface area contributed by atoms with Gasteiger partial charge in [-0.05, 0) is 31.6 Å². The van der Waals surface area contributed by atoms with E-state index in [1.165, 1.54) is 6.92 Å². The van der Waals surface area contributed by atoms with Gasteiger partial charge < -0.3 is 31.9 Å². The number of carboxylic acids is 1. The molecule has 10 heteroatoms. The molecule has 0 saturated heterocycles. The first-order valence-corrected chi connectivity index (χ1v) is 9.39. The Morgan fingerprint density at radius 2 is 1.43 bits per heavy atom. The second kappa shape index (κ2) is 12.3. The molecule has 0 rings (SSSR count). The molecular formula is C18H34N4O6. The molecule has 0 aromatic heterocycles. The molecule has 0 fully saturated rings. The molecule has 0 aromatic carbocycles. The predicted molar refractivity (Wildman–Crippen MR) is 103 cm³/mol. The molecule has 10 nitrogen and oxygen atoms in total. The number of nitrogens with two attached hydrogens (primary N) is 1. The SMILES string of the molecule is CC(C)C[C@H](NC(=O)[C@@H](NC(=O)CNC(=O)[C@@H](N)CC(C)C)[C@@H](C)O)C(=O)O. The molecule has 4 atom stereocenters. The molecule has 0 radical (unpaired) electrons. The lowest BCUT2D eigenvalue weighted by Crippen LogP contribution is -2.57. The van der Waals surface area contributed by atoms with Gasteiger partial charge in [0.05, 0.1) is 18.7 Å². The normalized spacial score (nSPS) is 15.5. The fraction of sp³-hybridized carbons (Fsp3) is 0.778. The van der Waals surface area contributed by atoms with E-state index in [1.807, 2.05) is 27.7 Å². The fourth-order valence-electron chi connectivity index (χ4n) is 2.50. The second-order valence-corrected chi connectivity index (χ2v) is 7.77. The summed E-state index contributed by atoms with van der Waals surface area (Å²) in [7, 11) is 0. The summed E-state index contributed by atoms with van der Waals surface area (Å²) in [6.45, 7) is 8.31. The Morgan fingerprint density at radius 1 is 0.893 bits per heavy atom. The quantitative estimate of drug-likeness (QED) is 0.242. The van der Waals surface area contributed by atoms with Crippen LogP contribution >= 0.6 is 0 Å². The molecule has 0 heterocycles. The number of aliphatic hydroxyl groups excluding tert-OH is 1. The standard InChI is InChI=1S/C18H34N4O6/c1-9(2)6-12(19)16(25)20-8-14(24)22-15(11(5)23)17(26)21-13(18(27)28)7-10(3)4/h9-13,15,23H,6-8,19H2,1-5H3,(H,20,25)(H,21,26)(H,22,24)(H,27,28)/t11-,12+,13+,15+/m1/s1. The Kier molecular flexibility index (Phi) is 11.3. The van der Waals surface area contributed by atoms with Crippen molar-refractivity contribution in [3.63, 3.8) is 0 Å². The maximum absolute atomic E-state index is 12.3. The van der Waals surface area contributed by atoms with Gasteiger partial charge in [-0.1, -0.05) is 27.7 Å². The summed E-state index contributed by atoms with van der Waals surface area (Å²) < 4.78 is 0. The Morgan fingerprint density at radius 3 is 1.86 bits per heavy atom. The lowest BCUT2D eigenvalue weighted by atomic mass is 10.0. The number of hydrogen-bond acceptors (Lipinski definition) is 6. The van der Waals surface area contributed by atoms with Crippen LogP contribution in [-0.2, 0) is 19.2 Å². The smallest absolute Gasteiger partial charge is 0.326 e. The zero-order valence-electron chi connectivity index (χ0n) is 17.2. The van der Waals surface area contributed by atoms with Crippen molar-refractivity contribution < 1.29 is 29.4 Å². The minimum atomic E-state index is -1.36. The first-order valence-electron chi connectivity index (χ1n) is 9.39. The van der Waals surface area contributed by atoms with Crippen LogP contribution in [0.3, 0.4) is 0 Å². The Labute approximate surface area is 165 Å². The Bertz CT molecular complexity index is 550. The van der Waals surface area contributed by atoms with E-state index in [4.69, 9.17) is 5.73 Å². The number of carbonyl (C=O) groups is 4. The summed E-state index contributed by atoms with van der Waals surface area (Å²) in [4.78, 5) is 47.5. The number of aliphatic hydroxyl groups is 1. The van der Waals surface area contributed by atoms with Crippen molar-refractivity contribution in [2.24, 2.45) is 17.6 Å². The van der Waals surface area contributed by atoms with Gasteiger partial charge in [-0.15, -0.1) is 0 Å². The molecule has 3 amide bonds. The molecular weight excluding hydrogens is 368 g/mol. The zero-order chi connectivity index (χ0) is 22.0. The van der Waals surface area contributed by atoms with Crippen molar-refractivity contribution in [2.75, 3.05) is 6.54 Å². The largest absolute Gasteiger partial charge is 0.480 e. The Hall–Kier alpha value is -2.20. The second-order valence-electron chi connectivity index (χ2n) is 7.77. The maximum Gasteiger partial charge on any atom is 0.326 e. The molecule has 28 heavy (non-hydrogen) atoms. The van der Waals surface area contributed by atoms with Crippen molar-refractivity contribution in [1.29, 1.82) is 0 Å². The summed E-state index contributed by atoms with van der Waals surface area (Å²) in [5, 5.41) is 26.0. The highest BCUT2D eigenvalue weighted by molar-refractivity contribution is 5.92. The van der Waals surface area contributed by atoms with Crippen molar-refractivity contribution in [3.05, 3.63) is 0 Å². The lowest BCUT2D eigenvalue weighted by molar-refractivity contribution is -0.143. The average Bonchev–Trinajstić information content (AvgIpc) is 2.55.